The van der Waals surface area contributed by atoms with Gasteiger partial charge in [-0.3, -0.25) is 9.59 Å². The minimum atomic E-state index is -1.12. The Hall–Kier alpha value is -1.66. The molecule has 1 aromatic carbocycles. The van der Waals surface area contributed by atoms with E-state index in [1.165, 1.54) is 6.07 Å². The molecule has 0 bridgehead atoms. The van der Waals surface area contributed by atoms with Gasteiger partial charge in [-0.05, 0) is 6.07 Å². The number of fused-ring (bicyclic) bond motifs is 1. The van der Waals surface area contributed by atoms with Crippen molar-refractivity contribution < 1.29 is 5.21 Å². The van der Waals surface area contributed by atoms with Crippen LogP contribution in [0.4, 0.5) is 5.69 Å². The van der Waals surface area contributed by atoms with Crippen LogP contribution in [-0.2, 0) is 0 Å². The molecule has 0 saturated carbocycles. The van der Waals surface area contributed by atoms with E-state index in [0.29, 0.717) is 0 Å². The quantitative estimate of drug-likeness (QED) is 0.371. The van der Waals surface area contributed by atoms with Crippen molar-refractivity contribution in [2.24, 2.45) is 0 Å². The molecule has 0 fully saturated rings. The predicted octanol–water partition coefficient (Wildman–Crippen LogP) is 0.816. The van der Waals surface area contributed by atoms with Crippen LogP contribution >= 0.6 is 23.2 Å². The van der Waals surface area contributed by atoms with Crippen molar-refractivity contribution in [3.63, 3.8) is 0 Å². The molecular weight excluding hydrogens is 257 g/mol. The largest absolute Gasteiger partial charge is 0.425 e. The summed E-state index contributed by atoms with van der Waals surface area (Å²) in [5, 5.41) is 9.52. The number of hydrogen-bond donors (Lipinski definition) is 3. The fraction of sp³-hybridized carbons (Fsp3) is 0. The number of nitrogens with zero attached hydrogens (tertiary/aromatic N) is 1. The maximum absolute atomic E-state index is 11.1. The van der Waals surface area contributed by atoms with E-state index in [0.717, 1.165) is 0 Å². The zero-order valence-electron chi connectivity index (χ0n) is 7.62. The number of H-pyrrole nitrogens is 1. The lowest BCUT2D eigenvalue weighted by Gasteiger charge is -2.07. The topological polar surface area (TPSA) is 101 Å². The van der Waals surface area contributed by atoms with Gasteiger partial charge in [0.05, 0.1) is 21.2 Å². The molecule has 2 aromatic rings. The van der Waals surface area contributed by atoms with Crippen LogP contribution in [0.5, 0.6) is 0 Å². The minimum Gasteiger partial charge on any atom is -0.425 e. The van der Waals surface area contributed by atoms with E-state index < -0.39 is 11.1 Å². The van der Waals surface area contributed by atoms with E-state index in [9.17, 15) is 14.8 Å². The van der Waals surface area contributed by atoms with Crippen LogP contribution in [0.15, 0.2) is 15.7 Å². The summed E-state index contributed by atoms with van der Waals surface area (Å²) >= 11 is 11.5. The molecule has 0 spiro atoms. The second-order valence-electron chi connectivity index (χ2n) is 3.05. The van der Waals surface area contributed by atoms with Crippen molar-refractivity contribution in [3.05, 3.63) is 36.8 Å². The molecule has 0 radical (unpaired) electrons. The average molecular weight is 262 g/mol. The number of benzene rings is 1. The SMILES string of the molecule is Nc1c(Cl)c(Cl)cc2c1[nH]c(=O)c(=O)n2O. The van der Waals surface area contributed by atoms with Gasteiger partial charge in [0.15, 0.2) is 0 Å². The van der Waals surface area contributed by atoms with Gasteiger partial charge in [0, 0.05) is 0 Å². The van der Waals surface area contributed by atoms with Gasteiger partial charge in [-0.15, -0.1) is 4.73 Å². The Bertz CT molecular complexity index is 704. The van der Waals surface area contributed by atoms with Crippen molar-refractivity contribution >= 4 is 39.9 Å². The van der Waals surface area contributed by atoms with E-state index in [1.807, 2.05) is 0 Å². The van der Waals surface area contributed by atoms with Gasteiger partial charge in [-0.25, -0.2) is 0 Å². The first kappa shape index (κ1) is 10.8. The van der Waals surface area contributed by atoms with Crippen molar-refractivity contribution in [1.82, 2.24) is 9.71 Å². The summed E-state index contributed by atoms with van der Waals surface area (Å²) in [6.07, 6.45) is 0. The molecule has 0 aliphatic heterocycles. The molecule has 6 nitrogen and oxygen atoms in total. The number of nitrogens with two attached hydrogens (primary N) is 1. The van der Waals surface area contributed by atoms with Gasteiger partial charge in [-0.2, -0.15) is 0 Å². The highest BCUT2D eigenvalue weighted by molar-refractivity contribution is 6.44. The highest BCUT2D eigenvalue weighted by Crippen LogP contribution is 2.32. The van der Waals surface area contributed by atoms with E-state index in [2.05, 4.69) is 4.98 Å². The lowest BCUT2D eigenvalue weighted by Crippen LogP contribution is -2.35. The Kier molecular flexibility index (Phi) is 2.32. The molecule has 84 valence electrons. The van der Waals surface area contributed by atoms with Crippen LogP contribution in [0.3, 0.4) is 0 Å². The molecular formula is C8H5Cl2N3O3. The second kappa shape index (κ2) is 3.43. The summed E-state index contributed by atoms with van der Waals surface area (Å²) in [4.78, 5) is 24.5. The number of nitrogen functional groups attached to an aromatic ring is 1. The van der Waals surface area contributed by atoms with Crippen LogP contribution in [0.25, 0.3) is 11.0 Å². The summed E-state index contributed by atoms with van der Waals surface area (Å²) in [6.45, 7) is 0. The maximum atomic E-state index is 11.1. The third-order valence-electron chi connectivity index (χ3n) is 2.09. The van der Waals surface area contributed by atoms with Crippen molar-refractivity contribution in [2.45, 2.75) is 0 Å². The van der Waals surface area contributed by atoms with Gasteiger partial charge >= 0.3 is 11.1 Å². The molecule has 0 saturated heterocycles. The first-order chi connectivity index (χ1) is 7.43. The monoisotopic (exact) mass is 261 g/mol. The zero-order chi connectivity index (χ0) is 12.0. The molecule has 0 unspecified atom stereocenters. The van der Waals surface area contributed by atoms with E-state index in [1.54, 1.807) is 0 Å². The molecule has 4 N–H and O–H groups in total. The molecule has 1 heterocycles. The standard InChI is InChI=1S/C8H5Cl2N3O3/c9-2-1-3-6(5(11)4(2)10)12-7(14)8(15)13(3)16/h1,16H,11H2,(H,12,14). The first-order valence-electron chi connectivity index (χ1n) is 4.05. The third kappa shape index (κ3) is 1.35. The number of rotatable bonds is 0. The maximum Gasteiger partial charge on any atom is 0.348 e. The van der Waals surface area contributed by atoms with Gasteiger partial charge in [0.2, 0.25) is 0 Å². The summed E-state index contributed by atoms with van der Waals surface area (Å²) in [5.41, 5.74) is 3.50. The molecule has 0 aliphatic rings. The van der Waals surface area contributed by atoms with E-state index in [4.69, 9.17) is 28.9 Å². The summed E-state index contributed by atoms with van der Waals surface area (Å²) < 4.78 is 0.173. The summed E-state index contributed by atoms with van der Waals surface area (Å²) in [6, 6.07) is 1.23. The van der Waals surface area contributed by atoms with Gasteiger partial charge < -0.3 is 15.9 Å². The smallest absolute Gasteiger partial charge is 0.348 e. The fourth-order valence-electron chi connectivity index (χ4n) is 1.30. The van der Waals surface area contributed by atoms with Crippen LogP contribution in [0, 0.1) is 0 Å². The molecule has 0 aliphatic carbocycles. The van der Waals surface area contributed by atoms with Gasteiger partial charge in [0.1, 0.15) is 5.52 Å². The Labute approximate surface area is 97.8 Å². The third-order valence-corrected chi connectivity index (χ3v) is 2.89. The molecule has 0 amide bonds. The summed E-state index contributed by atoms with van der Waals surface area (Å²) in [7, 11) is 0. The second-order valence-corrected chi connectivity index (χ2v) is 3.84. The first-order valence-corrected chi connectivity index (χ1v) is 4.81. The molecule has 8 heteroatoms. The minimum absolute atomic E-state index is 0.0101. The highest BCUT2D eigenvalue weighted by Gasteiger charge is 2.13. The number of hydrogen-bond acceptors (Lipinski definition) is 4. The predicted molar refractivity (Wildman–Crippen MR) is 60.4 cm³/mol. The molecule has 1 aromatic heterocycles. The van der Waals surface area contributed by atoms with Gasteiger partial charge in [-0.1, -0.05) is 23.2 Å². The fourth-order valence-corrected chi connectivity index (χ4v) is 1.66. The van der Waals surface area contributed by atoms with E-state index in [-0.39, 0.29) is 31.5 Å². The number of anilines is 1. The lowest BCUT2D eigenvalue weighted by atomic mass is 10.2. The number of nitrogens with one attached hydrogen (secondary N) is 1. The lowest BCUT2D eigenvalue weighted by molar-refractivity contribution is 0.187. The van der Waals surface area contributed by atoms with E-state index >= 15 is 0 Å². The number of aromatic amines is 1. The number of aromatic nitrogens is 2. The van der Waals surface area contributed by atoms with Crippen LogP contribution in [0.1, 0.15) is 0 Å². The normalized spacial score (nSPS) is 10.9. The zero-order valence-corrected chi connectivity index (χ0v) is 9.13. The highest BCUT2D eigenvalue weighted by atomic mass is 35.5. The number of halogens is 2. The van der Waals surface area contributed by atoms with Crippen molar-refractivity contribution in [1.29, 1.82) is 0 Å². The van der Waals surface area contributed by atoms with Crippen molar-refractivity contribution in [3.8, 4) is 0 Å². The Morgan fingerprint density at radius 3 is 2.62 bits per heavy atom. The van der Waals surface area contributed by atoms with Crippen molar-refractivity contribution in [2.75, 3.05) is 5.73 Å². The molecule has 16 heavy (non-hydrogen) atoms. The van der Waals surface area contributed by atoms with Crippen LogP contribution < -0.4 is 16.9 Å². The Morgan fingerprint density at radius 1 is 1.38 bits per heavy atom. The molecule has 2 rings (SSSR count). The van der Waals surface area contributed by atoms with Crippen LogP contribution in [-0.4, -0.2) is 14.9 Å². The van der Waals surface area contributed by atoms with Crippen LogP contribution in [0.2, 0.25) is 10.0 Å². The summed E-state index contributed by atoms with van der Waals surface area (Å²) in [5.74, 6) is 0. The van der Waals surface area contributed by atoms with Gasteiger partial charge in [0.25, 0.3) is 0 Å². The Morgan fingerprint density at radius 2 is 2.00 bits per heavy atom. The molecule has 0 atom stereocenters. The Balaban J connectivity index is 3.15. The average Bonchev–Trinajstić information content (AvgIpc) is 2.25.